The van der Waals surface area contributed by atoms with Gasteiger partial charge in [0.2, 0.25) is 0 Å². The molecule has 0 bridgehead atoms. The Morgan fingerprint density at radius 3 is 2.65 bits per heavy atom. The molecular formula is C16H23ClN2O. The van der Waals surface area contributed by atoms with Gasteiger partial charge in [-0.25, -0.2) is 4.98 Å². The number of hydrogen-bond acceptors (Lipinski definition) is 2. The number of rotatable bonds is 4. The lowest BCUT2D eigenvalue weighted by atomic mass is 9.91. The first kappa shape index (κ1) is 15.3. The molecule has 1 unspecified atom stereocenters. The van der Waals surface area contributed by atoms with E-state index in [2.05, 4.69) is 38.0 Å². The van der Waals surface area contributed by atoms with Gasteiger partial charge in [-0.3, -0.25) is 4.79 Å². The van der Waals surface area contributed by atoms with Gasteiger partial charge >= 0.3 is 0 Å². The van der Waals surface area contributed by atoms with Gasteiger partial charge in [-0.2, -0.15) is 0 Å². The summed E-state index contributed by atoms with van der Waals surface area (Å²) in [5.41, 5.74) is 1.31. The van der Waals surface area contributed by atoms with Crippen LogP contribution in [0.5, 0.6) is 0 Å². The van der Waals surface area contributed by atoms with Crippen LogP contribution in [0.3, 0.4) is 0 Å². The number of amides is 1. The normalized spacial score (nSPS) is 16.9. The minimum atomic E-state index is -0.125. The quantitative estimate of drug-likeness (QED) is 0.854. The Morgan fingerprint density at radius 1 is 1.45 bits per heavy atom. The van der Waals surface area contributed by atoms with Gasteiger partial charge in [0.05, 0.1) is 0 Å². The second-order valence-electron chi connectivity index (χ2n) is 6.87. The van der Waals surface area contributed by atoms with Crippen molar-refractivity contribution in [1.29, 1.82) is 0 Å². The maximum absolute atomic E-state index is 12.3. The second kappa shape index (κ2) is 5.72. The predicted octanol–water partition coefficient (Wildman–Crippen LogP) is 3.95. The Kier molecular flexibility index (Phi) is 4.38. The van der Waals surface area contributed by atoms with Gasteiger partial charge in [-0.1, -0.05) is 45.2 Å². The molecule has 110 valence electrons. The van der Waals surface area contributed by atoms with E-state index in [1.54, 1.807) is 6.07 Å². The van der Waals surface area contributed by atoms with Crippen LogP contribution in [-0.2, 0) is 5.41 Å². The molecule has 0 spiro atoms. The van der Waals surface area contributed by atoms with E-state index in [4.69, 9.17) is 11.6 Å². The topological polar surface area (TPSA) is 42.0 Å². The van der Waals surface area contributed by atoms with Crippen LogP contribution < -0.4 is 5.32 Å². The highest BCUT2D eigenvalue weighted by molar-refractivity contribution is 6.29. The zero-order valence-electron chi connectivity index (χ0n) is 12.7. The summed E-state index contributed by atoms with van der Waals surface area (Å²) in [5, 5.41) is 3.42. The first-order valence-corrected chi connectivity index (χ1v) is 7.62. The number of halogens is 1. The molecule has 1 aliphatic rings. The summed E-state index contributed by atoms with van der Waals surface area (Å²) < 4.78 is 0. The molecule has 20 heavy (non-hydrogen) atoms. The standard InChI is InChI=1S/C16H23ClN2O/c1-10(7-11-5-6-11)18-15(20)12-8-13(16(2,3)4)19-14(17)9-12/h8-11H,5-7H2,1-4H3,(H,18,20). The van der Waals surface area contributed by atoms with Crippen LogP contribution in [-0.4, -0.2) is 16.9 Å². The maximum atomic E-state index is 12.3. The smallest absolute Gasteiger partial charge is 0.251 e. The van der Waals surface area contributed by atoms with Gasteiger partial charge in [0, 0.05) is 22.7 Å². The number of nitrogens with one attached hydrogen (secondary N) is 1. The van der Waals surface area contributed by atoms with Crippen molar-refractivity contribution in [2.75, 3.05) is 0 Å². The average molecular weight is 295 g/mol. The van der Waals surface area contributed by atoms with Crippen molar-refractivity contribution in [3.05, 3.63) is 28.5 Å². The lowest BCUT2D eigenvalue weighted by Gasteiger charge is -2.19. The zero-order chi connectivity index (χ0) is 14.9. The highest BCUT2D eigenvalue weighted by atomic mass is 35.5. The molecule has 0 saturated heterocycles. The molecule has 1 amide bonds. The highest BCUT2D eigenvalue weighted by Gasteiger charge is 2.25. The van der Waals surface area contributed by atoms with Crippen LogP contribution in [0.2, 0.25) is 5.15 Å². The SMILES string of the molecule is CC(CC1CC1)NC(=O)c1cc(Cl)nc(C(C)(C)C)c1. The summed E-state index contributed by atoms with van der Waals surface area (Å²) >= 11 is 6.04. The Morgan fingerprint density at radius 2 is 2.10 bits per heavy atom. The number of aromatic nitrogens is 1. The molecule has 3 nitrogen and oxygen atoms in total. The molecule has 1 saturated carbocycles. The predicted molar refractivity (Wildman–Crippen MR) is 82.2 cm³/mol. The van der Waals surface area contributed by atoms with Gasteiger partial charge in [0.25, 0.3) is 5.91 Å². The van der Waals surface area contributed by atoms with Gasteiger partial charge in [0.1, 0.15) is 5.15 Å². The van der Waals surface area contributed by atoms with Crippen LogP contribution in [0.25, 0.3) is 0 Å². The molecule has 0 aliphatic heterocycles. The fourth-order valence-corrected chi connectivity index (χ4v) is 2.44. The van der Waals surface area contributed by atoms with Crippen LogP contribution in [0.4, 0.5) is 0 Å². The molecule has 1 N–H and O–H groups in total. The van der Waals surface area contributed by atoms with Gasteiger partial charge in [-0.15, -0.1) is 0 Å². The van der Waals surface area contributed by atoms with Crippen molar-refractivity contribution < 1.29 is 4.79 Å². The fraction of sp³-hybridized carbons (Fsp3) is 0.625. The van der Waals surface area contributed by atoms with E-state index in [0.29, 0.717) is 10.7 Å². The Labute approximate surface area is 126 Å². The molecule has 1 heterocycles. The second-order valence-corrected chi connectivity index (χ2v) is 7.25. The van der Waals surface area contributed by atoms with Crippen LogP contribution in [0.15, 0.2) is 12.1 Å². The average Bonchev–Trinajstić information content (AvgIpc) is 3.10. The molecule has 1 aliphatic carbocycles. The summed E-state index contributed by atoms with van der Waals surface area (Å²) in [6, 6.07) is 3.68. The van der Waals surface area contributed by atoms with E-state index >= 15 is 0 Å². The zero-order valence-corrected chi connectivity index (χ0v) is 13.4. The first-order chi connectivity index (χ1) is 9.25. The molecule has 1 atom stereocenters. The fourth-order valence-electron chi connectivity index (χ4n) is 2.23. The maximum Gasteiger partial charge on any atom is 0.251 e. The highest BCUT2D eigenvalue weighted by Crippen LogP contribution is 2.33. The molecular weight excluding hydrogens is 272 g/mol. The molecule has 2 rings (SSSR count). The van der Waals surface area contributed by atoms with Crippen molar-refractivity contribution in [2.24, 2.45) is 5.92 Å². The van der Waals surface area contributed by atoms with Crippen LogP contribution in [0.1, 0.15) is 63.0 Å². The van der Waals surface area contributed by atoms with E-state index in [-0.39, 0.29) is 17.4 Å². The van der Waals surface area contributed by atoms with E-state index in [1.807, 2.05) is 6.07 Å². The Hall–Kier alpha value is -1.09. The van der Waals surface area contributed by atoms with Crippen LogP contribution in [0, 0.1) is 5.92 Å². The number of nitrogens with zero attached hydrogens (tertiary/aromatic N) is 1. The number of pyridine rings is 1. The first-order valence-electron chi connectivity index (χ1n) is 7.24. The minimum absolute atomic E-state index is 0.0621. The molecule has 1 fully saturated rings. The summed E-state index contributed by atoms with van der Waals surface area (Å²) in [4.78, 5) is 16.6. The van der Waals surface area contributed by atoms with E-state index in [1.165, 1.54) is 12.8 Å². The lowest BCUT2D eigenvalue weighted by molar-refractivity contribution is 0.0937. The van der Waals surface area contributed by atoms with Crippen molar-refractivity contribution in [3.63, 3.8) is 0 Å². The van der Waals surface area contributed by atoms with Gasteiger partial charge in [0.15, 0.2) is 0 Å². The van der Waals surface area contributed by atoms with Crippen molar-refractivity contribution in [2.45, 2.75) is 58.4 Å². The van der Waals surface area contributed by atoms with E-state index in [0.717, 1.165) is 18.0 Å². The largest absolute Gasteiger partial charge is 0.350 e. The van der Waals surface area contributed by atoms with E-state index in [9.17, 15) is 4.79 Å². The van der Waals surface area contributed by atoms with Crippen molar-refractivity contribution >= 4 is 17.5 Å². The third-order valence-corrected chi connectivity index (χ3v) is 3.78. The molecule has 1 aromatic heterocycles. The molecule has 1 aromatic rings. The van der Waals surface area contributed by atoms with Gasteiger partial charge in [-0.05, 0) is 31.4 Å². The van der Waals surface area contributed by atoms with Crippen molar-refractivity contribution in [3.8, 4) is 0 Å². The Balaban J connectivity index is 2.10. The number of carbonyl (C=O) groups excluding carboxylic acids is 1. The van der Waals surface area contributed by atoms with Crippen LogP contribution >= 0.6 is 11.6 Å². The summed E-state index contributed by atoms with van der Waals surface area (Å²) in [6.07, 6.45) is 3.67. The van der Waals surface area contributed by atoms with Gasteiger partial charge < -0.3 is 5.32 Å². The summed E-state index contributed by atoms with van der Waals surface area (Å²) in [5.74, 6) is 0.740. The third-order valence-electron chi connectivity index (χ3n) is 3.59. The number of carbonyl (C=O) groups is 1. The van der Waals surface area contributed by atoms with Crippen molar-refractivity contribution in [1.82, 2.24) is 10.3 Å². The minimum Gasteiger partial charge on any atom is -0.350 e. The molecule has 0 aromatic carbocycles. The molecule has 4 heteroatoms. The Bertz CT molecular complexity index is 504. The monoisotopic (exact) mass is 294 g/mol. The lowest BCUT2D eigenvalue weighted by Crippen LogP contribution is -2.33. The molecule has 0 radical (unpaired) electrons. The summed E-state index contributed by atoms with van der Waals surface area (Å²) in [7, 11) is 0. The number of hydrogen-bond donors (Lipinski definition) is 1. The third kappa shape index (κ3) is 4.20. The van der Waals surface area contributed by atoms with E-state index < -0.39 is 0 Å². The summed E-state index contributed by atoms with van der Waals surface area (Å²) in [6.45, 7) is 8.24.